The van der Waals surface area contributed by atoms with E-state index in [9.17, 15) is 0 Å². The minimum Gasteiger partial charge on any atom is -0.456 e. The maximum Gasteiger partial charge on any atom is 0.160 e. The van der Waals surface area contributed by atoms with Gasteiger partial charge in [0.2, 0.25) is 0 Å². The van der Waals surface area contributed by atoms with Gasteiger partial charge in [-0.2, -0.15) is 0 Å². The van der Waals surface area contributed by atoms with Gasteiger partial charge in [0.15, 0.2) is 5.82 Å². The lowest BCUT2D eigenvalue weighted by atomic mass is 10.0. The van der Waals surface area contributed by atoms with Gasteiger partial charge in [-0.15, -0.1) is 0 Å². The number of fused-ring (bicyclic) bond motifs is 6. The van der Waals surface area contributed by atoms with Crippen molar-refractivity contribution in [2.45, 2.75) is 0 Å². The van der Waals surface area contributed by atoms with Crippen molar-refractivity contribution in [3.63, 3.8) is 0 Å². The monoisotopic (exact) mass is 715 g/mol. The van der Waals surface area contributed by atoms with Gasteiger partial charge in [0, 0.05) is 43.9 Å². The van der Waals surface area contributed by atoms with Crippen LogP contribution in [0.4, 0.5) is 0 Å². The predicted molar refractivity (Wildman–Crippen MR) is 231 cm³/mol. The molecule has 0 N–H and O–H groups in total. The van der Waals surface area contributed by atoms with E-state index in [1.54, 1.807) is 0 Å². The maximum atomic E-state index is 6.63. The summed E-state index contributed by atoms with van der Waals surface area (Å²) in [6.45, 7) is 0. The van der Waals surface area contributed by atoms with Gasteiger partial charge in [-0.05, 0) is 76.9 Å². The van der Waals surface area contributed by atoms with Crippen LogP contribution in [0.1, 0.15) is 0 Å². The molecule has 0 amide bonds. The van der Waals surface area contributed by atoms with Crippen LogP contribution in [0.2, 0.25) is 0 Å². The lowest BCUT2D eigenvalue weighted by Gasteiger charge is -2.10. The lowest BCUT2D eigenvalue weighted by Crippen LogP contribution is -1.95. The van der Waals surface area contributed by atoms with E-state index in [0.717, 1.165) is 72.3 Å². The summed E-state index contributed by atoms with van der Waals surface area (Å²) >= 11 is 0. The van der Waals surface area contributed by atoms with Gasteiger partial charge in [0.25, 0.3) is 0 Å². The molecule has 3 aromatic heterocycles. The van der Waals surface area contributed by atoms with Crippen LogP contribution >= 0.6 is 0 Å². The molecule has 8 aromatic carbocycles. The van der Waals surface area contributed by atoms with Crippen LogP contribution in [0.15, 0.2) is 205 Å². The molecule has 0 fully saturated rings. The van der Waals surface area contributed by atoms with E-state index in [1.807, 2.05) is 36.4 Å². The highest BCUT2D eigenvalue weighted by Crippen LogP contribution is 2.39. The molecule has 0 aliphatic carbocycles. The Balaban J connectivity index is 1.02. The number of furan rings is 1. The van der Waals surface area contributed by atoms with Gasteiger partial charge in [0.1, 0.15) is 11.2 Å². The van der Waals surface area contributed by atoms with Gasteiger partial charge < -0.3 is 8.98 Å². The molecule has 0 saturated carbocycles. The average Bonchev–Trinajstić information content (AvgIpc) is 3.81. The Morgan fingerprint density at radius 1 is 0.321 bits per heavy atom. The number of benzene rings is 8. The predicted octanol–water partition coefficient (Wildman–Crippen LogP) is 13.8. The molecule has 0 bridgehead atoms. The van der Waals surface area contributed by atoms with Crippen LogP contribution in [0, 0.1) is 0 Å². The van der Waals surface area contributed by atoms with Crippen molar-refractivity contribution in [3.8, 4) is 61.8 Å². The van der Waals surface area contributed by atoms with Crippen LogP contribution in [-0.2, 0) is 0 Å². The highest BCUT2D eigenvalue weighted by molar-refractivity contribution is 6.12. The topological polar surface area (TPSA) is 43.9 Å². The molecule has 0 spiro atoms. The zero-order valence-corrected chi connectivity index (χ0v) is 30.3. The highest BCUT2D eigenvalue weighted by atomic mass is 16.3. The summed E-state index contributed by atoms with van der Waals surface area (Å²) < 4.78 is 9.02. The molecule has 0 unspecified atom stereocenters. The first-order chi connectivity index (χ1) is 27.7. The first kappa shape index (κ1) is 31.9. The summed E-state index contributed by atoms with van der Waals surface area (Å²) in [5.74, 6) is 0.659. The lowest BCUT2D eigenvalue weighted by molar-refractivity contribution is 0.669. The summed E-state index contributed by atoms with van der Waals surface area (Å²) in [5.41, 5.74) is 14.5. The third-order valence-electron chi connectivity index (χ3n) is 10.8. The number of nitrogens with zero attached hydrogens (tertiary/aromatic N) is 3. The maximum absolute atomic E-state index is 6.63. The number of aromatic nitrogens is 3. The van der Waals surface area contributed by atoms with Crippen LogP contribution in [0.3, 0.4) is 0 Å². The second-order valence-electron chi connectivity index (χ2n) is 14.2. The zero-order valence-electron chi connectivity index (χ0n) is 30.3. The number of para-hydroxylation sites is 1. The number of rotatable bonds is 6. The largest absolute Gasteiger partial charge is 0.456 e. The molecule has 3 heterocycles. The van der Waals surface area contributed by atoms with E-state index >= 15 is 0 Å². The smallest absolute Gasteiger partial charge is 0.160 e. The molecule has 0 aliphatic heterocycles. The molecule has 0 aliphatic rings. The number of hydrogen-bond acceptors (Lipinski definition) is 3. The molecule has 56 heavy (non-hydrogen) atoms. The first-order valence-electron chi connectivity index (χ1n) is 18.9. The van der Waals surface area contributed by atoms with Crippen molar-refractivity contribution in [2.75, 3.05) is 0 Å². The summed E-state index contributed by atoms with van der Waals surface area (Å²) in [5, 5.41) is 4.59. The molecule has 0 saturated heterocycles. The Morgan fingerprint density at radius 2 is 0.732 bits per heavy atom. The third kappa shape index (κ3) is 5.47. The van der Waals surface area contributed by atoms with Gasteiger partial charge in [-0.1, -0.05) is 146 Å². The molecule has 0 radical (unpaired) electrons. The second kappa shape index (κ2) is 13.1. The molecule has 262 valence electrons. The molecule has 11 rings (SSSR count). The highest BCUT2D eigenvalue weighted by Gasteiger charge is 2.17. The Labute approximate surface area is 323 Å². The van der Waals surface area contributed by atoms with Crippen molar-refractivity contribution in [1.29, 1.82) is 0 Å². The van der Waals surface area contributed by atoms with Crippen molar-refractivity contribution in [1.82, 2.24) is 14.5 Å². The van der Waals surface area contributed by atoms with Crippen LogP contribution in [0.5, 0.6) is 0 Å². The summed E-state index contributed by atoms with van der Waals surface area (Å²) in [4.78, 5) is 10.1. The average molecular weight is 716 g/mol. The van der Waals surface area contributed by atoms with Crippen molar-refractivity contribution >= 4 is 43.7 Å². The molecular formula is C52H33N3O. The van der Waals surface area contributed by atoms with E-state index in [0.29, 0.717) is 5.82 Å². The Morgan fingerprint density at radius 3 is 1.27 bits per heavy atom. The van der Waals surface area contributed by atoms with Crippen LogP contribution < -0.4 is 0 Å². The quantitative estimate of drug-likeness (QED) is 0.172. The fraction of sp³-hybridized carbons (Fsp3) is 0. The first-order valence-corrected chi connectivity index (χ1v) is 18.9. The molecule has 4 heteroatoms. The molecule has 11 aromatic rings. The zero-order chi connectivity index (χ0) is 37.0. The minimum atomic E-state index is 0.659. The van der Waals surface area contributed by atoms with E-state index in [2.05, 4.69) is 168 Å². The normalized spacial score (nSPS) is 11.6. The molecule has 4 nitrogen and oxygen atoms in total. The Hall–Kier alpha value is -7.56. The van der Waals surface area contributed by atoms with Gasteiger partial charge in [0.05, 0.1) is 22.4 Å². The summed E-state index contributed by atoms with van der Waals surface area (Å²) in [7, 11) is 0. The van der Waals surface area contributed by atoms with Crippen LogP contribution in [-0.4, -0.2) is 14.5 Å². The van der Waals surface area contributed by atoms with Gasteiger partial charge >= 0.3 is 0 Å². The van der Waals surface area contributed by atoms with Crippen molar-refractivity contribution in [3.05, 3.63) is 200 Å². The van der Waals surface area contributed by atoms with Crippen molar-refractivity contribution in [2.24, 2.45) is 0 Å². The summed E-state index contributed by atoms with van der Waals surface area (Å²) in [6, 6.07) is 70.3. The standard InChI is InChI=1S/C52H33N3O/c1-5-13-34(14-6-1)37-21-25-42-43-26-22-38(30-49(43)55(48(42)29-37)41-19-11-4-12-20-41)39-23-27-44-45-28-24-40(32-51(45)56-50(44)31-39)52-53-46(35-15-7-2-8-16-35)33-47(54-52)36-17-9-3-10-18-36/h1-33H. The fourth-order valence-electron chi connectivity index (χ4n) is 8.05. The Kier molecular flexibility index (Phi) is 7.46. The summed E-state index contributed by atoms with van der Waals surface area (Å²) in [6.07, 6.45) is 0. The van der Waals surface area contributed by atoms with Crippen LogP contribution in [0.25, 0.3) is 106 Å². The SMILES string of the molecule is c1ccc(-c2ccc3c4ccc(-c5ccc6c(c5)oc5cc(-c7nc(-c8ccccc8)cc(-c8ccccc8)n7)ccc56)cc4n(-c4ccccc4)c3c2)cc1. The van der Waals surface area contributed by atoms with Gasteiger partial charge in [-0.3, -0.25) is 0 Å². The third-order valence-corrected chi connectivity index (χ3v) is 10.8. The van der Waals surface area contributed by atoms with E-state index < -0.39 is 0 Å². The number of hydrogen-bond donors (Lipinski definition) is 0. The fourth-order valence-corrected chi connectivity index (χ4v) is 8.05. The van der Waals surface area contributed by atoms with Gasteiger partial charge in [-0.25, -0.2) is 9.97 Å². The van der Waals surface area contributed by atoms with Crippen molar-refractivity contribution < 1.29 is 4.42 Å². The minimum absolute atomic E-state index is 0.659. The van der Waals surface area contributed by atoms with E-state index in [1.165, 1.54) is 27.4 Å². The molecule has 0 atom stereocenters. The van der Waals surface area contributed by atoms with E-state index in [4.69, 9.17) is 14.4 Å². The Bertz CT molecular complexity index is 3160. The second-order valence-corrected chi connectivity index (χ2v) is 14.2. The molecular weight excluding hydrogens is 683 g/mol. The van der Waals surface area contributed by atoms with E-state index in [-0.39, 0.29) is 0 Å².